The SMILES string of the molecule is CN(CCC(C)(C)C)C(=O)CCOCCOCCOCCOCCC(C)(C)C. The molecule has 0 aromatic heterocycles. The maximum absolute atomic E-state index is 12.0. The summed E-state index contributed by atoms with van der Waals surface area (Å²) in [6.45, 7) is 18.5. The molecule has 1 amide bonds. The molecule has 168 valence electrons. The average molecular weight is 404 g/mol. The molecule has 0 aromatic carbocycles. The first-order valence-corrected chi connectivity index (χ1v) is 10.6. The summed E-state index contributed by atoms with van der Waals surface area (Å²) in [7, 11) is 1.85. The minimum atomic E-state index is 0.128. The van der Waals surface area contributed by atoms with Gasteiger partial charge in [-0.1, -0.05) is 41.5 Å². The highest BCUT2D eigenvalue weighted by Crippen LogP contribution is 2.18. The monoisotopic (exact) mass is 403 g/mol. The predicted octanol–water partition coefficient (Wildman–Crippen LogP) is 3.77. The molecule has 0 radical (unpaired) electrons. The summed E-state index contributed by atoms with van der Waals surface area (Å²) in [5.74, 6) is 0.128. The van der Waals surface area contributed by atoms with Crippen LogP contribution in [0.3, 0.4) is 0 Å². The number of rotatable bonds is 16. The zero-order valence-electron chi connectivity index (χ0n) is 19.5. The molecule has 0 heterocycles. The third-order valence-electron chi connectivity index (χ3n) is 4.20. The molecule has 0 spiro atoms. The van der Waals surface area contributed by atoms with Gasteiger partial charge in [-0.2, -0.15) is 0 Å². The third-order valence-corrected chi connectivity index (χ3v) is 4.20. The van der Waals surface area contributed by atoms with E-state index in [4.69, 9.17) is 18.9 Å². The first-order chi connectivity index (χ1) is 13.0. The van der Waals surface area contributed by atoms with Crippen molar-refractivity contribution in [2.45, 2.75) is 60.8 Å². The fraction of sp³-hybridized carbons (Fsp3) is 0.955. The van der Waals surface area contributed by atoms with Gasteiger partial charge in [0.2, 0.25) is 5.91 Å². The van der Waals surface area contributed by atoms with Crippen molar-refractivity contribution in [2.75, 3.05) is 66.4 Å². The molecule has 0 saturated heterocycles. The molecule has 0 rings (SSSR count). The number of carbonyl (C=O) groups is 1. The van der Waals surface area contributed by atoms with Crippen molar-refractivity contribution in [3.05, 3.63) is 0 Å². The molecular formula is C22H45NO5. The Morgan fingerprint density at radius 3 is 1.46 bits per heavy atom. The summed E-state index contributed by atoms with van der Waals surface area (Å²) in [6.07, 6.45) is 2.46. The van der Waals surface area contributed by atoms with Crippen molar-refractivity contribution in [3.63, 3.8) is 0 Å². The number of hydrogen-bond donors (Lipinski definition) is 0. The van der Waals surface area contributed by atoms with E-state index in [-0.39, 0.29) is 11.3 Å². The van der Waals surface area contributed by atoms with Crippen molar-refractivity contribution < 1.29 is 23.7 Å². The summed E-state index contributed by atoms with van der Waals surface area (Å²) in [5, 5.41) is 0. The van der Waals surface area contributed by atoms with Crippen molar-refractivity contribution in [3.8, 4) is 0 Å². The highest BCUT2D eigenvalue weighted by atomic mass is 16.6. The van der Waals surface area contributed by atoms with E-state index in [0.29, 0.717) is 58.1 Å². The molecule has 6 nitrogen and oxygen atoms in total. The fourth-order valence-electron chi connectivity index (χ4n) is 2.12. The molecule has 0 unspecified atom stereocenters. The van der Waals surface area contributed by atoms with Crippen LogP contribution in [0.2, 0.25) is 0 Å². The number of amides is 1. The number of ether oxygens (including phenoxy) is 4. The van der Waals surface area contributed by atoms with E-state index in [1.54, 1.807) is 4.90 Å². The van der Waals surface area contributed by atoms with E-state index in [1.807, 2.05) is 7.05 Å². The fourth-order valence-corrected chi connectivity index (χ4v) is 2.12. The molecule has 0 aliphatic heterocycles. The Kier molecular flexibility index (Phi) is 14.8. The smallest absolute Gasteiger partial charge is 0.224 e. The quantitative estimate of drug-likeness (QED) is 0.367. The number of carbonyl (C=O) groups excluding carboxylic acids is 1. The van der Waals surface area contributed by atoms with Crippen molar-refractivity contribution in [1.29, 1.82) is 0 Å². The van der Waals surface area contributed by atoms with Crippen LogP contribution in [0.5, 0.6) is 0 Å². The van der Waals surface area contributed by atoms with Gasteiger partial charge in [-0.15, -0.1) is 0 Å². The van der Waals surface area contributed by atoms with E-state index in [1.165, 1.54) is 0 Å². The lowest BCUT2D eigenvalue weighted by Gasteiger charge is -2.23. The standard InChI is InChI=1S/C22H45NO5/c1-21(2,3)9-11-23(7)20(24)8-12-25-14-16-27-18-19-28-17-15-26-13-10-22(4,5)6/h8-19H2,1-7H3. The Bertz CT molecular complexity index is 387. The summed E-state index contributed by atoms with van der Waals surface area (Å²) >= 11 is 0. The zero-order valence-corrected chi connectivity index (χ0v) is 19.5. The molecule has 0 aromatic rings. The lowest BCUT2D eigenvalue weighted by Crippen LogP contribution is -2.30. The molecule has 0 saturated carbocycles. The Balaban J connectivity index is 3.34. The molecule has 0 N–H and O–H groups in total. The van der Waals surface area contributed by atoms with Crippen LogP contribution in [0.15, 0.2) is 0 Å². The number of hydrogen-bond acceptors (Lipinski definition) is 5. The van der Waals surface area contributed by atoms with Gasteiger partial charge in [0, 0.05) is 20.2 Å². The molecule has 0 fully saturated rings. The second-order valence-electron chi connectivity index (χ2n) is 9.64. The van der Waals surface area contributed by atoms with E-state index in [9.17, 15) is 4.79 Å². The van der Waals surface area contributed by atoms with Gasteiger partial charge in [-0.3, -0.25) is 4.79 Å². The van der Waals surface area contributed by atoms with Crippen LogP contribution < -0.4 is 0 Å². The second-order valence-corrected chi connectivity index (χ2v) is 9.64. The van der Waals surface area contributed by atoms with E-state index in [2.05, 4.69) is 41.5 Å². The summed E-state index contributed by atoms with van der Waals surface area (Å²) in [6, 6.07) is 0. The van der Waals surface area contributed by atoms with Crippen LogP contribution in [-0.2, 0) is 23.7 Å². The third kappa shape index (κ3) is 20.1. The summed E-state index contributed by atoms with van der Waals surface area (Å²) in [5.41, 5.74) is 0.553. The molecular weight excluding hydrogens is 358 g/mol. The molecule has 0 aliphatic rings. The first kappa shape index (κ1) is 27.3. The molecule has 0 aliphatic carbocycles. The van der Waals surface area contributed by atoms with Gasteiger partial charge in [0.1, 0.15) is 0 Å². The summed E-state index contributed by atoms with van der Waals surface area (Å²) in [4.78, 5) is 13.8. The van der Waals surface area contributed by atoms with Gasteiger partial charge < -0.3 is 23.8 Å². The summed E-state index contributed by atoms with van der Waals surface area (Å²) < 4.78 is 21.9. The molecule has 0 atom stereocenters. The van der Waals surface area contributed by atoms with E-state index in [0.717, 1.165) is 26.0 Å². The second kappa shape index (κ2) is 15.2. The van der Waals surface area contributed by atoms with Gasteiger partial charge in [-0.25, -0.2) is 0 Å². The maximum atomic E-state index is 12.0. The van der Waals surface area contributed by atoms with Crippen molar-refractivity contribution >= 4 is 5.91 Å². The van der Waals surface area contributed by atoms with Crippen LogP contribution in [0.25, 0.3) is 0 Å². The molecule has 0 bridgehead atoms. The van der Waals surface area contributed by atoms with Gasteiger partial charge in [0.25, 0.3) is 0 Å². The zero-order chi connectivity index (χ0) is 21.5. The highest BCUT2D eigenvalue weighted by molar-refractivity contribution is 5.75. The average Bonchev–Trinajstić information content (AvgIpc) is 2.58. The van der Waals surface area contributed by atoms with Crippen LogP contribution in [0, 0.1) is 10.8 Å². The molecule has 6 heteroatoms. The Labute approximate surface area is 173 Å². The van der Waals surface area contributed by atoms with Crippen LogP contribution in [0.4, 0.5) is 0 Å². The van der Waals surface area contributed by atoms with Crippen molar-refractivity contribution in [2.24, 2.45) is 10.8 Å². The van der Waals surface area contributed by atoms with Crippen LogP contribution in [-0.4, -0.2) is 77.3 Å². The lowest BCUT2D eigenvalue weighted by atomic mass is 9.92. The minimum absolute atomic E-state index is 0.128. The normalized spacial score (nSPS) is 12.4. The van der Waals surface area contributed by atoms with Crippen LogP contribution in [0.1, 0.15) is 60.8 Å². The Morgan fingerprint density at radius 2 is 1.04 bits per heavy atom. The van der Waals surface area contributed by atoms with E-state index >= 15 is 0 Å². The minimum Gasteiger partial charge on any atom is -0.379 e. The van der Waals surface area contributed by atoms with Gasteiger partial charge in [-0.05, 0) is 23.7 Å². The number of nitrogens with zero attached hydrogens (tertiary/aromatic N) is 1. The van der Waals surface area contributed by atoms with Crippen molar-refractivity contribution in [1.82, 2.24) is 4.90 Å². The van der Waals surface area contributed by atoms with Gasteiger partial charge in [0.05, 0.1) is 52.7 Å². The van der Waals surface area contributed by atoms with E-state index < -0.39 is 0 Å². The predicted molar refractivity (Wildman–Crippen MR) is 114 cm³/mol. The highest BCUT2D eigenvalue weighted by Gasteiger charge is 2.14. The molecule has 28 heavy (non-hydrogen) atoms. The Hall–Kier alpha value is -0.690. The van der Waals surface area contributed by atoms with Gasteiger partial charge in [0.15, 0.2) is 0 Å². The lowest BCUT2D eigenvalue weighted by molar-refractivity contribution is -0.131. The Morgan fingerprint density at radius 1 is 0.643 bits per heavy atom. The maximum Gasteiger partial charge on any atom is 0.224 e. The largest absolute Gasteiger partial charge is 0.379 e. The van der Waals surface area contributed by atoms with Gasteiger partial charge >= 0.3 is 0 Å². The topological polar surface area (TPSA) is 57.2 Å². The first-order valence-electron chi connectivity index (χ1n) is 10.6. The van der Waals surface area contributed by atoms with Crippen LogP contribution >= 0.6 is 0 Å².